The topological polar surface area (TPSA) is 0 Å². The fourth-order valence-electron chi connectivity index (χ4n) is 1.74. The van der Waals surface area contributed by atoms with Crippen molar-refractivity contribution in [2.24, 2.45) is 5.92 Å². The van der Waals surface area contributed by atoms with Crippen LogP contribution in [-0.4, -0.2) is 14.5 Å². The van der Waals surface area contributed by atoms with Crippen LogP contribution in [-0.2, 0) is 0 Å². The zero-order valence-electron chi connectivity index (χ0n) is 6.02. The van der Waals surface area contributed by atoms with Gasteiger partial charge >= 0.3 is 71.7 Å². The van der Waals surface area contributed by atoms with Crippen LogP contribution >= 0.6 is 0 Å². The van der Waals surface area contributed by atoms with Crippen molar-refractivity contribution in [1.82, 2.24) is 0 Å². The minimum absolute atomic E-state index is 0.256. The van der Waals surface area contributed by atoms with Crippen LogP contribution in [0, 0.1) is 5.92 Å². The quantitative estimate of drug-likeness (QED) is 0.384. The van der Waals surface area contributed by atoms with E-state index >= 15 is 0 Å². The molecular formula is C8H13FI-. The van der Waals surface area contributed by atoms with E-state index in [0.29, 0.717) is 0 Å². The average molecular weight is 255 g/mol. The number of rotatable bonds is 0. The molecule has 1 saturated carbocycles. The number of hydrogen-bond acceptors (Lipinski definition) is 0. The predicted molar refractivity (Wildman–Crippen MR) is 35.5 cm³/mol. The van der Waals surface area contributed by atoms with E-state index in [4.69, 9.17) is 0 Å². The summed E-state index contributed by atoms with van der Waals surface area (Å²) in [5.74, 6) is 0.966. The van der Waals surface area contributed by atoms with Crippen LogP contribution in [0.5, 0.6) is 0 Å². The molecule has 60 valence electrons. The van der Waals surface area contributed by atoms with Gasteiger partial charge in [-0.1, -0.05) is 0 Å². The molecule has 0 radical (unpaired) electrons. The van der Waals surface area contributed by atoms with Gasteiger partial charge in [0.05, 0.1) is 0 Å². The number of halogens is 2. The van der Waals surface area contributed by atoms with Crippen LogP contribution in [0.1, 0.15) is 25.7 Å². The summed E-state index contributed by atoms with van der Waals surface area (Å²) in [7, 11) is 0. The maximum atomic E-state index is 12.8. The Morgan fingerprint density at radius 1 is 1.10 bits per heavy atom. The fourth-order valence-corrected chi connectivity index (χ4v) is 5.62. The van der Waals surface area contributed by atoms with Crippen molar-refractivity contribution in [3.05, 3.63) is 0 Å². The van der Waals surface area contributed by atoms with Gasteiger partial charge < -0.3 is 0 Å². The fraction of sp³-hybridized carbons (Fsp3) is 1.00. The van der Waals surface area contributed by atoms with Crippen molar-refractivity contribution in [3.63, 3.8) is 0 Å². The van der Waals surface area contributed by atoms with E-state index in [-0.39, 0.29) is 21.2 Å². The van der Waals surface area contributed by atoms with E-state index in [2.05, 4.69) is 0 Å². The molecule has 2 rings (SSSR count). The predicted octanol–water partition coefficient (Wildman–Crippen LogP) is -1.01. The third kappa shape index (κ3) is 1.31. The molecule has 1 aliphatic heterocycles. The van der Waals surface area contributed by atoms with Crippen LogP contribution in [0.25, 0.3) is 0 Å². The van der Waals surface area contributed by atoms with E-state index in [1.807, 2.05) is 0 Å². The molecule has 1 aliphatic carbocycles. The number of fused-ring (bicyclic) bond motifs is 1. The van der Waals surface area contributed by atoms with Crippen molar-refractivity contribution in [1.29, 1.82) is 0 Å². The molecule has 0 unspecified atom stereocenters. The van der Waals surface area contributed by atoms with Crippen molar-refractivity contribution in [2.75, 3.05) is 4.43 Å². The summed E-state index contributed by atoms with van der Waals surface area (Å²) in [4.78, 5) is 0. The Morgan fingerprint density at radius 2 is 1.90 bits per heavy atom. The molecule has 1 heterocycles. The van der Waals surface area contributed by atoms with Crippen LogP contribution < -0.4 is 21.2 Å². The summed E-state index contributed by atoms with van der Waals surface area (Å²) in [6.07, 6.45) is 4.51. The Labute approximate surface area is 71.8 Å². The first-order valence-electron chi connectivity index (χ1n) is 4.08. The van der Waals surface area contributed by atoms with Gasteiger partial charge in [0.1, 0.15) is 0 Å². The maximum absolute atomic E-state index is 12.8. The van der Waals surface area contributed by atoms with Gasteiger partial charge in [-0.15, -0.1) is 0 Å². The second kappa shape index (κ2) is 2.95. The van der Waals surface area contributed by atoms with Gasteiger partial charge in [-0.3, -0.25) is 0 Å². The Hall–Kier alpha value is 0.660. The van der Waals surface area contributed by atoms with E-state index in [1.165, 1.54) is 19.3 Å². The van der Waals surface area contributed by atoms with Gasteiger partial charge in [0.2, 0.25) is 0 Å². The first-order valence-corrected chi connectivity index (χ1v) is 6.85. The molecule has 2 heteroatoms. The summed E-state index contributed by atoms with van der Waals surface area (Å²) in [6.45, 7) is 0. The van der Waals surface area contributed by atoms with Crippen molar-refractivity contribution < 1.29 is 25.6 Å². The second-order valence-electron chi connectivity index (χ2n) is 3.34. The van der Waals surface area contributed by atoms with E-state index in [0.717, 1.165) is 20.7 Å². The molecule has 1 saturated heterocycles. The molecule has 2 fully saturated rings. The third-order valence-corrected chi connectivity index (χ3v) is 6.87. The van der Waals surface area contributed by atoms with Crippen LogP contribution in [0.3, 0.4) is 0 Å². The van der Waals surface area contributed by atoms with Crippen LogP contribution in [0.15, 0.2) is 0 Å². The molecule has 0 nitrogen and oxygen atoms in total. The molecule has 0 spiro atoms. The molecule has 0 aromatic heterocycles. The SMILES string of the molecule is F[C@@H]1CC[C@H]2CC[C@H]2[I-]C1. The standard InChI is InChI=1S/C8H13FI/c9-7-3-1-6-2-4-8(6)10-5-7/h6-8H,1-5H2/q-1/t6-,7+,8+/m0/s1. The second-order valence-corrected chi connectivity index (χ2v) is 6.70. The minimum atomic E-state index is -0.418. The van der Waals surface area contributed by atoms with Gasteiger partial charge in [-0.2, -0.15) is 0 Å². The zero-order chi connectivity index (χ0) is 6.97. The zero-order valence-corrected chi connectivity index (χ0v) is 8.18. The molecular weight excluding hydrogens is 242 g/mol. The molecule has 0 amide bonds. The molecule has 0 aromatic rings. The summed E-state index contributed by atoms with van der Waals surface area (Å²) < 4.78 is 14.8. The summed E-state index contributed by atoms with van der Waals surface area (Å²) >= 11 is 0.256. The van der Waals surface area contributed by atoms with Crippen LogP contribution in [0.4, 0.5) is 4.39 Å². The molecule has 0 N–H and O–H groups in total. The van der Waals surface area contributed by atoms with Gasteiger partial charge in [-0.25, -0.2) is 0 Å². The van der Waals surface area contributed by atoms with Gasteiger partial charge in [0.15, 0.2) is 0 Å². The van der Waals surface area contributed by atoms with Crippen LogP contribution in [0.2, 0.25) is 0 Å². The Morgan fingerprint density at radius 3 is 2.60 bits per heavy atom. The van der Waals surface area contributed by atoms with Gasteiger partial charge in [-0.05, 0) is 0 Å². The summed E-state index contributed by atoms with van der Waals surface area (Å²) in [6, 6.07) is 0. The Balaban J connectivity index is 1.91. The first-order chi connectivity index (χ1) is 4.86. The summed E-state index contributed by atoms with van der Waals surface area (Å²) in [5, 5.41) is 0. The average Bonchev–Trinajstić information content (AvgIpc) is 1.94. The van der Waals surface area contributed by atoms with E-state index < -0.39 is 6.17 Å². The molecule has 3 atom stereocenters. The summed E-state index contributed by atoms with van der Waals surface area (Å²) in [5.41, 5.74) is 0. The van der Waals surface area contributed by atoms with Crippen molar-refractivity contribution in [2.45, 2.75) is 35.8 Å². The number of alkyl halides is 3. The molecule has 0 aromatic carbocycles. The molecule has 2 aliphatic rings. The van der Waals surface area contributed by atoms with Crippen molar-refractivity contribution >= 4 is 0 Å². The monoisotopic (exact) mass is 255 g/mol. The normalized spacial score (nSPS) is 47.9. The van der Waals surface area contributed by atoms with Gasteiger partial charge in [0.25, 0.3) is 0 Å². The third-order valence-electron chi connectivity index (χ3n) is 2.63. The first kappa shape index (κ1) is 7.32. The molecule has 0 bridgehead atoms. The van der Waals surface area contributed by atoms with E-state index in [9.17, 15) is 4.39 Å². The molecule has 10 heavy (non-hydrogen) atoms. The van der Waals surface area contributed by atoms with E-state index in [1.54, 1.807) is 0 Å². The van der Waals surface area contributed by atoms with Crippen molar-refractivity contribution in [3.8, 4) is 0 Å². The Kier molecular flexibility index (Phi) is 2.16. The van der Waals surface area contributed by atoms with Gasteiger partial charge in [0, 0.05) is 0 Å². The Bertz CT molecular complexity index is 112. The number of hydrogen-bond donors (Lipinski definition) is 0.